The summed E-state index contributed by atoms with van der Waals surface area (Å²) < 4.78 is 0. The Morgan fingerprint density at radius 2 is 2.00 bits per heavy atom. The number of rotatable bonds is 4. The minimum atomic E-state index is -0.221. The average Bonchev–Trinajstić information content (AvgIpc) is 2.56. The van der Waals surface area contributed by atoms with E-state index in [0.717, 1.165) is 63.7 Å². The Bertz CT molecular complexity index is 555. The van der Waals surface area contributed by atoms with E-state index >= 15 is 0 Å². The molecular formula is C19H28N2O3. The normalized spacial score (nSPS) is 28.5. The Kier molecular flexibility index (Phi) is 5.74. The van der Waals surface area contributed by atoms with Crippen LogP contribution >= 0.6 is 0 Å². The topological polar surface area (TPSA) is 72.8 Å². The molecule has 1 amide bonds. The highest BCUT2D eigenvalue weighted by Gasteiger charge is 2.28. The van der Waals surface area contributed by atoms with E-state index in [1.807, 2.05) is 12.1 Å². The van der Waals surface area contributed by atoms with Crippen LogP contribution in [-0.2, 0) is 11.3 Å². The molecule has 0 aromatic heterocycles. The van der Waals surface area contributed by atoms with Crippen LogP contribution in [0.25, 0.3) is 0 Å². The number of aliphatic hydroxyl groups is 1. The summed E-state index contributed by atoms with van der Waals surface area (Å²) in [6.07, 6.45) is 4.96. The lowest BCUT2D eigenvalue weighted by Crippen LogP contribution is -2.49. The Labute approximate surface area is 143 Å². The second-order valence-corrected chi connectivity index (χ2v) is 7.26. The van der Waals surface area contributed by atoms with Crippen molar-refractivity contribution in [3.63, 3.8) is 0 Å². The van der Waals surface area contributed by atoms with Gasteiger partial charge in [-0.1, -0.05) is 12.1 Å². The summed E-state index contributed by atoms with van der Waals surface area (Å²) in [5.74, 6) is 0.523. The summed E-state index contributed by atoms with van der Waals surface area (Å²) in [5, 5.41) is 22.4. The quantitative estimate of drug-likeness (QED) is 0.789. The van der Waals surface area contributed by atoms with Gasteiger partial charge in [0.2, 0.25) is 5.91 Å². The van der Waals surface area contributed by atoms with Crippen molar-refractivity contribution in [2.24, 2.45) is 5.92 Å². The maximum absolute atomic E-state index is 12.4. The van der Waals surface area contributed by atoms with Gasteiger partial charge in [0.25, 0.3) is 0 Å². The number of aromatic hydroxyl groups is 1. The molecule has 1 aliphatic carbocycles. The molecule has 0 radical (unpaired) electrons. The molecule has 1 aliphatic heterocycles. The van der Waals surface area contributed by atoms with Gasteiger partial charge in [-0.2, -0.15) is 0 Å². The highest BCUT2D eigenvalue weighted by molar-refractivity contribution is 5.79. The molecule has 1 heterocycles. The van der Waals surface area contributed by atoms with Gasteiger partial charge in [-0.15, -0.1) is 0 Å². The zero-order valence-electron chi connectivity index (χ0n) is 14.2. The standard InChI is InChI=1S/C19H28N2O3/c22-17-8-6-15(7-9-17)19(24)20-16-4-2-10-21(13-16)12-14-3-1-5-18(23)11-14/h1,3,5,11,15-17,22-23H,2,4,6-10,12-13H2,(H,20,24). The van der Waals surface area contributed by atoms with E-state index in [1.165, 1.54) is 0 Å². The van der Waals surface area contributed by atoms with Crippen molar-refractivity contribution in [3.05, 3.63) is 29.8 Å². The lowest BCUT2D eigenvalue weighted by atomic mass is 9.86. The maximum atomic E-state index is 12.4. The summed E-state index contributed by atoms with van der Waals surface area (Å²) in [5.41, 5.74) is 1.10. The second kappa shape index (κ2) is 7.99. The molecule has 1 atom stereocenters. The van der Waals surface area contributed by atoms with Crippen LogP contribution in [-0.4, -0.2) is 46.3 Å². The number of benzene rings is 1. The van der Waals surface area contributed by atoms with Crippen molar-refractivity contribution >= 4 is 5.91 Å². The van der Waals surface area contributed by atoms with Crippen LogP contribution in [0.1, 0.15) is 44.1 Å². The van der Waals surface area contributed by atoms with Crippen LogP contribution in [0.4, 0.5) is 0 Å². The Morgan fingerprint density at radius 1 is 1.21 bits per heavy atom. The van der Waals surface area contributed by atoms with Gasteiger partial charge >= 0.3 is 0 Å². The molecule has 2 fully saturated rings. The number of hydrogen-bond acceptors (Lipinski definition) is 4. The first-order valence-corrected chi connectivity index (χ1v) is 9.09. The van der Waals surface area contributed by atoms with Gasteiger partial charge in [0.15, 0.2) is 0 Å². The first-order chi connectivity index (χ1) is 11.6. The van der Waals surface area contributed by atoms with Crippen LogP contribution in [0.5, 0.6) is 5.75 Å². The summed E-state index contributed by atoms with van der Waals surface area (Å²) >= 11 is 0. The van der Waals surface area contributed by atoms with Crippen LogP contribution in [0.3, 0.4) is 0 Å². The molecule has 0 bridgehead atoms. The van der Waals surface area contributed by atoms with Crippen LogP contribution < -0.4 is 5.32 Å². The van der Waals surface area contributed by atoms with Gasteiger partial charge in [0, 0.05) is 25.0 Å². The molecule has 3 rings (SSSR count). The number of nitrogens with one attached hydrogen (secondary N) is 1. The van der Waals surface area contributed by atoms with Crippen molar-refractivity contribution in [2.45, 2.75) is 57.2 Å². The lowest BCUT2D eigenvalue weighted by molar-refractivity contribution is -0.127. The summed E-state index contributed by atoms with van der Waals surface area (Å²) in [4.78, 5) is 14.8. The van der Waals surface area contributed by atoms with Crippen molar-refractivity contribution in [3.8, 4) is 5.75 Å². The average molecular weight is 332 g/mol. The van der Waals surface area contributed by atoms with Gasteiger partial charge < -0.3 is 15.5 Å². The van der Waals surface area contributed by atoms with Gasteiger partial charge in [-0.25, -0.2) is 0 Å². The first-order valence-electron chi connectivity index (χ1n) is 9.09. The Balaban J connectivity index is 1.49. The third-order valence-electron chi connectivity index (χ3n) is 5.24. The first kappa shape index (κ1) is 17.2. The number of amides is 1. The number of phenols is 1. The fourth-order valence-corrected chi connectivity index (χ4v) is 3.89. The van der Waals surface area contributed by atoms with Crippen molar-refractivity contribution in [2.75, 3.05) is 13.1 Å². The molecule has 1 unspecified atom stereocenters. The highest BCUT2D eigenvalue weighted by atomic mass is 16.3. The highest BCUT2D eigenvalue weighted by Crippen LogP contribution is 2.25. The minimum absolute atomic E-state index is 0.0647. The number of likely N-dealkylation sites (tertiary alicyclic amines) is 1. The van der Waals surface area contributed by atoms with Gasteiger partial charge in [0.05, 0.1) is 6.10 Å². The molecule has 2 aliphatic rings. The number of nitrogens with zero attached hydrogens (tertiary/aromatic N) is 1. The summed E-state index contributed by atoms with van der Waals surface area (Å²) in [6, 6.07) is 7.58. The van der Waals surface area contributed by atoms with E-state index in [-0.39, 0.29) is 24.0 Å². The van der Waals surface area contributed by atoms with E-state index in [0.29, 0.717) is 5.75 Å². The zero-order valence-corrected chi connectivity index (χ0v) is 14.2. The molecule has 24 heavy (non-hydrogen) atoms. The lowest BCUT2D eigenvalue weighted by Gasteiger charge is -2.34. The van der Waals surface area contributed by atoms with E-state index in [1.54, 1.807) is 12.1 Å². The third kappa shape index (κ3) is 4.71. The molecule has 5 nitrogen and oxygen atoms in total. The monoisotopic (exact) mass is 332 g/mol. The largest absolute Gasteiger partial charge is 0.508 e. The minimum Gasteiger partial charge on any atom is -0.508 e. The van der Waals surface area contributed by atoms with Crippen molar-refractivity contribution in [1.82, 2.24) is 10.2 Å². The fourth-order valence-electron chi connectivity index (χ4n) is 3.89. The van der Waals surface area contributed by atoms with E-state index in [2.05, 4.69) is 10.2 Å². The Hall–Kier alpha value is -1.59. The zero-order chi connectivity index (χ0) is 16.9. The molecule has 5 heteroatoms. The fraction of sp³-hybridized carbons (Fsp3) is 0.632. The van der Waals surface area contributed by atoms with Crippen LogP contribution in [0.15, 0.2) is 24.3 Å². The third-order valence-corrected chi connectivity index (χ3v) is 5.24. The number of carbonyl (C=O) groups excluding carboxylic acids is 1. The molecule has 3 N–H and O–H groups in total. The summed E-state index contributed by atoms with van der Waals surface area (Å²) in [7, 11) is 0. The van der Waals surface area contributed by atoms with Crippen molar-refractivity contribution < 1.29 is 15.0 Å². The van der Waals surface area contributed by atoms with Gasteiger partial charge in [-0.05, 0) is 62.8 Å². The molecule has 0 spiro atoms. The van der Waals surface area contributed by atoms with Crippen LogP contribution in [0, 0.1) is 5.92 Å². The SMILES string of the molecule is O=C(NC1CCCN(Cc2cccc(O)c2)C1)C1CCC(O)CC1. The van der Waals surface area contributed by atoms with Crippen molar-refractivity contribution in [1.29, 1.82) is 0 Å². The molecule has 1 saturated heterocycles. The number of hydrogen-bond donors (Lipinski definition) is 3. The van der Waals surface area contributed by atoms with Gasteiger partial charge in [0.1, 0.15) is 5.75 Å². The maximum Gasteiger partial charge on any atom is 0.223 e. The second-order valence-electron chi connectivity index (χ2n) is 7.26. The summed E-state index contributed by atoms with van der Waals surface area (Å²) in [6.45, 7) is 2.69. The number of aliphatic hydroxyl groups excluding tert-OH is 1. The number of piperidine rings is 1. The van der Waals surface area contributed by atoms with E-state index in [4.69, 9.17) is 0 Å². The van der Waals surface area contributed by atoms with E-state index in [9.17, 15) is 15.0 Å². The molecule has 132 valence electrons. The smallest absolute Gasteiger partial charge is 0.223 e. The number of phenolic OH excluding ortho intramolecular Hbond substituents is 1. The van der Waals surface area contributed by atoms with E-state index < -0.39 is 0 Å². The Morgan fingerprint density at radius 3 is 2.75 bits per heavy atom. The number of carbonyl (C=O) groups is 1. The van der Waals surface area contributed by atoms with Crippen LogP contribution in [0.2, 0.25) is 0 Å². The van der Waals surface area contributed by atoms with Gasteiger partial charge in [-0.3, -0.25) is 9.69 Å². The molecule has 1 saturated carbocycles. The molecule has 1 aromatic carbocycles. The predicted octanol–water partition coefficient (Wildman–Crippen LogP) is 2.02. The predicted molar refractivity (Wildman–Crippen MR) is 92.5 cm³/mol. The molecular weight excluding hydrogens is 304 g/mol. The molecule has 1 aromatic rings.